The lowest BCUT2D eigenvalue weighted by Crippen LogP contribution is -2.68. The van der Waals surface area contributed by atoms with E-state index in [1.54, 1.807) is 0 Å². The Bertz CT molecular complexity index is 223. The molecule has 0 saturated heterocycles. The Labute approximate surface area is 73.1 Å². The molecule has 0 aliphatic heterocycles. The highest BCUT2D eigenvalue weighted by atomic mass is 16.3. The molecular weight excluding hydrogens is 150 g/mol. The Morgan fingerprint density at radius 3 is 2.42 bits per heavy atom. The maximum Gasteiger partial charge on any atom is 0.0675 e. The van der Waals surface area contributed by atoms with Crippen LogP contribution in [-0.2, 0) is 0 Å². The van der Waals surface area contributed by atoms with Crippen molar-refractivity contribution < 1.29 is 5.11 Å². The average Bonchev–Trinajstić information content (AvgIpc) is 1.78. The predicted molar refractivity (Wildman–Crippen MR) is 46.6 cm³/mol. The fourth-order valence-corrected chi connectivity index (χ4v) is 4.32. The molecule has 1 atom stereocenters. The van der Waals surface area contributed by atoms with E-state index >= 15 is 0 Å². The van der Waals surface area contributed by atoms with Gasteiger partial charge in [-0.25, -0.2) is 0 Å². The third-order valence-corrected chi connectivity index (χ3v) is 4.20. The molecule has 0 aromatic heterocycles. The lowest BCUT2D eigenvalue weighted by molar-refractivity contribution is -0.207. The molecule has 4 rings (SSSR count). The first-order valence-corrected chi connectivity index (χ1v) is 5.05. The number of hydrogen-bond acceptors (Lipinski definition) is 2. The van der Waals surface area contributed by atoms with Crippen LogP contribution in [-0.4, -0.2) is 16.2 Å². The van der Waals surface area contributed by atoms with E-state index in [1.807, 2.05) is 0 Å². The van der Waals surface area contributed by atoms with E-state index < -0.39 is 0 Å². The summed E-state index contributed by atoms with van der Waals surface area (Å²) in [7, 11) is 0. The van der Waals surface area contributed by atoms with Gasteiger partial charge in [-0.05, 0) is 43.9 Å². The molecule has 0 radical (unpaired) electrons. The normalized spacial score (nSPS) is 62.5. The summed E-state index contributed by atoms with van der Waals surface area (Å²) in [6, 6.07) is 0. The molecular formula is C10H17NO. The summed E-state index contributed by atoms with van der Waals surface area (Å²) in [5.74, 6) is 0. The minimum absolute atomic E-state index is 0.00347. The lowest BCUT2D eigenvalue weighted by atomic mass is 9.43. The van der Waals surface area contributed by atoms with Gasteiger partial charge in [-0.1, -0.05) is 6.42 Å². The molecule has 68 valence electrons. The molecule has 3 bridgehead atoms. The van der Waals surface area contributed by atoms with E-state index in [2.05, 4.69) is 0 Å². The number of hydrogen-bond donors (Lipinski definition) is 2. The van der Waals surface area contributed by atoms with E-state index in [0.29, 0.717) is 5.41 Å². The zero-order valence-electron chi connectivity index (χ0n) is 7.47. The first-order valence-electron chi connectivity index (χ1n) is 5.05. The SMILES string of the molecule is NC12CCCC3(C1)CC(O)(C2)C3. The van der Waals surface area contributed by atoms with Crippen molar-refractivity contribution in [3.05, 3.63) is 0 Å². The van der Waals surface area contributed by atoms with Crippen LogP contribution in [0.5, 0.6) is 0 Å². The summed E-state index contributed by atoms with van der Waals surface area (Å²) in [6.45, 7) is 0. The van der Waals surface area contributed by atoms with Crippen LogP contribution in [0.25, 0.3) is 0 Å². The Morgan fingerprint density at radius 2 is 1.75 bits per heavy atom. The first kappa shape index (κ1) is 7.34. The Balaban J connectivity index is 1.95. The van der Waals surface area contributed by atoms with Gasteiger partial charge in [-0.2, -0.15) is 0 Å². The van der Waals surface area contributed by atoms with Gasteiger partial charge in [0.15, 0.2) is 0 Å². The fourth-order valence-electron chi connectivity index (χ4n) is 4.32. The van der Waals surface area contributed by atoms with Gasteiger partial charge < -0.3 is 10.8 Å². The Kier molecular flexibility index (Phi) is 1.06. The van der Waals surface area contributed by atoms with Crippen LogP contribution < -0.4 is 5.73 Å². The highest BCUT2D eigenvalue weighted by molar-refractivity contribution is 5.18. The molecule has 0 amide bonds. The van der Waals surface area contributed by atoms with Crippen LogP contribution in [0.15, 0.2) is 0 Å². The molecule has 4 fully saturated rings. The minimum Gasteiger partial charge on any atom is -0.390 e. The molecule has 4 saturated carbocycles. The van der Waals surface area contributed by atoms with Crippen LogP contribution in [0.3, 0.4) is 0 Å². The zero-order chi connectivity index (χ0) is 8.45. The zero-order valence-corrected chi connectivity index (χ0v) is 7.47. The van der Waals surface area contributed by atoms with Crippen molar-refractivity contribution in [3.63, 3.8) is 0 Å². The van der Waals surface area contributed by atoms with Crippen molar-refractivity contribution in [2.45, 2.75) is 56.1 Å². The molecule has 1 unspecified atom stereocenters. The Hall–Kier alpha value is -0.0800. The molecule has 1 spiro atoms. The number of nitrogens with two attached hydrogens (primary N) is 1. The van der Waals surface area contributed by atoms with Crippen LogP contribution in [0, 0.1) is 5.41 Å². The monoisotopic (exact) mass is 167 g/mol. The van der Waals surface area contributed by atoms with Crippen molar-refractivity contribution in [3.8, 4) is 0 Å². The molecule has 4 aliphatic rings. The number of rotatable bonds is 0. The summed E-state index contributed by atoms with van der Waals surface area (Å²) < 4.78 is 0. The van der Waals surface area contributed by atoms with Gasteiger partial charge in [0, 0.05) is 5.54 Å². The van der Waals surface area contributed by atoms with Crippen molar-refractivity contribution in [2.24, 2.45) is 11.1 Å². The second-order valence-corrected chi connectivity index (χ2v) is 5.65. The van der Waals surface area contributed by atoms with Crippen LogP contribution in [0.4, 0.5) is 0 Å². The first-order chi connectivity index (χ1) is 5.54. The predicted octanol–water partition coefficient (Wildman–Crippen LogP) is 1.17. The summed E-state index contributed by atoms with van der Waals surface area (Å²) >= 11 is 0. The second-order valence-electron chi connectivity index (χ2n) is 5.65. The van der Waals surface area contributed by atoms with Gasteiger partial charge >= 0.3 is 0 Å². The molecule has 3 N–H and O–H groups in total. The molecule has 12 heavy (non-hydrogen) atoms. The van der Waals surface area contributed by atoms with Gasteiger partial charge in [-0.3, -0.25) is 0 Å². The molecule has 2 nitrogen and oxygen atoms in total. The van der Waals surface area contributed by atoms with Crippen molar-refractivity contribution in [2.75, 3.05) is 0 Å². The van der Waals surface area contributed by atoms with Crippen LogP contribution in [0.2, 0.25) is 0 Å². The van der Waals surface area contributed by atoms with Gasteiger partial charge in [0.1, 0.15) is 0 Å². The van der Waals surface area contributed by atoms with E-state index in [9.17, 15) is 5.11 Å². The van der Waals surface area contributed by atoms with Gasteiger partial charge in [0.05, 0.1) is 5.60 Å². The Morgan fingerprint density at radius 1 is 1.00 bits per heavy atom. The second kappa shape index (κ2) is 1.73. The summed E-state index contributed by atoms with van der Waals surface area (Å²) in [4.78, 5) is 0. The van der Waals surface area contributed by atoms with E-state index in [1.165, 1.54) is 19.3 Å². The minimum atomic E-state index is -0.354. The quantitative estimate of drug-likeness (QED) is 0.569. The van der Waals surface area contributed by atoms with Gasteiger partial charge in [0.25, 0.3) is 0 Å². The molecule has 0 aromatic rings. The van der Waals surface area contributed by atoms with Crippen LogP contribution in [0.1, 0.15) is 44.9 Å². The van der Waals surface area contributed by atoms with Crippen molar-refractivity contribution in [1.29, 1.82) is 0 Å². The number of aliphatic hydroxyl groups is 1. The molecule has 2 heteroatoms. The van der Waals surface area contributed by atoms with Gasteiger partial charge in [-0.15, -0.1) is 0 Å². The third-order valence-electron chi connectivity index (χ3n) is 4.20. The standard InChI is InChI=1S/C10H17NO/c11-9-3-1-2-8(4-9)5-10(12,6-8)7-9/h12H,1-7,11H2. The summed E-state index contributed by atoms with van der Waals surface area (Å²) in [5, 5.41) is 10.0. The maximum absolute atomic E-state index is 10.0. The topological polar surface area (TPSA) is 46.2 Å². The summed E-state index contributed by atoms with van der Waals surface area (Å²) in [5.41, 5.74) is 6.36. The van der Waals surface area contributed by atoms with E-state index in [4.69, 9.17) is 5.73 Å². The summed E-state index contributed by atoms with van der Waals surface area (Å²) in [6.07, 6.45) is 7.86. The van der Waals surface area contributed by atoms with E-state index in [-0.39, 0.29) is 11.1 Å². The molecule has 0 aromatic carbocycles. The lowest BCUT2D eigenvalue weighted by Gasteiger charge is -2.66. The smallest absolute Gasteiger partial charge is 0.0675 e. The molecule has 0 heterocycles. The van der Waals surface area contributed by atoms with Crippen LogP contribution >= 0.6 is 0 Å². The highest BCUT2D eigenvalue weighted by Gasteiger charge is 2.63. The largest absolute Gasteiger partial charge is 0.390 e. The average molecular weight is 167 g/mol. The highest BCUT2D eigenvalue weighted by Crippen LogP contribution is 2.65. The molecule has 4 aliphatic carbocycles. The maximum atomic E-state index is 10.0. The van der Waals surface area contributed by atoms with E-state index in [0.717, 1.165) is 25.7 Å². The third kappa shape index (κ3) is 0.775. The van der Waals surface area contributed by atoms with Crippen molar-refractivity contribution >= 4 is 0 Å². The fraction of sp³-hybridized carbons (Fsp3) is 1.00. The van der Waals surface area contributed by atoms with Crippen molar-refractivity contribution in [1.82, 2.24) is 0 Å². The van der Waals surface area contributed by atoms with Gasteiger partial charge in [0.2, 0.25) is 0 Å².